The molecule has 0 N–H and O–H groups in total. The molecule has 0 spiro atoms. The molecule has 0 fully saturated rings. The summed E-state index contributed by atoms with van der Waals surface area (Å²) in [4.78, 5) is 3.44. The molecule has 2 aromatic carbocycles. The van der Waals surface area contributed by atoms with Crippen molar-refractivity contribution in [3.63, 3.8) is 0 Å². The Kier molecular flexibility index (Phi) is 6.93. The summed E-state index contributed by atoms with van der Waals surface area (Å²) in [6.07, 6.45) is 0. The SMILES string of the molecule is CC(C)(C)c1ccc(C#N)c(C#N)c1.[C-]#[N+]c1ccc(C)c(C(C)(C)C)c1. The van der Waals surface area contributed by atoms with Gasteiger partial charge in [-0.05, 0) is 41.0 Å². The van der Waals surface area contributed by atoms with Crippen LogP contribution in [0.3, 0.4) is 0 Å². The van der Waals surface area contributed by atoms with E-state index in [9.17, 15) is 0 Å². The third-order valence-corrected chi connectivity index (χ3v) is 4.28. The average molecular weight is 358 g/mol. The molecule has 0 unspecified atom stereocenters. The lowest BCUT2D eigenvalue weighted by atomic mass is 9.84. The van der Waals surface area contributed by atoms with E-state index in [0.717, 1.165) is 11.3 Å². The molecule has 0 radical (unpaired) electrons. The predicted octanol–water partition coefficient (Wildman–Crippen LogP) is 6.57. The lowest BCUT2D eigenvalue weighted by molar-refractivity contribution is 0.586. The van der Waals surface area contributed by atoms with E-state index in [-0.39, 0.29) is 10.8 Å². The topological polar surface area (TPSA) is 51.9 Å². The fourth-order valence-corrected chi connectivity index (χ4v) is 2.69. The van der Waals surface area contributed by atoms with Crippen LogP contribution in [0, 0.1) is 36.2 Å². The van der Waals surface area contributed by atoms with Crippen LogP contribution in [0.25, 0.3) is 4.85 Å². The number of rotatable bonds is 0. The molecule has 2 aromatic rings. The van der Waals surface area contributed by atoms with Crippen LogP contribution in [0.5, 0.6) is 0 Å². The number of nitriles is 2. The molecular weight excluding hydrogens is 330 g/mol. The molecule has 0 aliphatic rings. The zero-order valence-corrected chi connectivity index (χ0v) is 17.3. The highest BCUT2D eigenvalue weighted by molar-refractivity contribution is 5.51. The van der Waals surface area contributed by atoms with Crippen LogP contribution in [0.15, 0.2) is 36.4 Å². The van der Waals surface area contributed by atoms with E-state index in [1.54, 1.807) is 12.1 Å². The molecule has 0 amide bonds. The van der Waals surface area contributed by atoms with Crippen LogP contribution in [0.1, 0.15) is 69.4 Å². The Morgan fingerprint density at radius 2 is 1.41 bits per heavy atom. The summed E-state index contributed by atoms with van der Waals surface area (Å²) in [6.45, 7) is 21.8. The number of hydrogen-bond donors (Lipinski definition) is 0. The normalized spacial score (nSPS) is 10.7. The van der Waals surface area contributed by atoms with Crippen molar-refractivity contribution >= 4 is 5.69 Å². The van der Waals surface area contributed by atoms with Gasteiger partial charge in [0.1, 0.15) is 12.1 Å². The monoisotopic (exact) mass is 357 g/mol. The van der Waals surface area contributed by atoms with Crippen LogP contribution in [-0.2, 0) is 10.8 Å². The molecule has 0 saturated heterocycles. The van der Waals surface area contributed by atoms with Gasteiger partial charge in [0.05, 0.1) is 17.7 Å². The predicted molar refractivity (Wildman–Crippen MR) is 111 cm³/mol. The van der Waals surface area contributed by atoms with Crippen molar-refractivity contribution in [3.05, 3.63) is 75.6 Å². The molecule has 3 heteroatoms. The van der Waals surface area contributed by atoms with Gasteiger partial charge in [0.2, 0.25) is 0 Å². The second kappa shape index (κ2) is 8.53. The number of benzene rings is 2. The van der Waals surface area contributed by atoms with E-state index in [1.165, 1.54) is 11.1 Å². The quantitative estimate of drug-likeness (QED) is 0.501. The van der Waals surface area contributed by atoms with Gasteiger partial charge in [-0.1, -0.05) is 71.4 Å². The highest BCUT2D eigenvalue weighted by Crippen LogP contribution is 2.29. The maximum absolute atomic E-state index is 8.84. The smallest absolute Gasteiger partial charge is 0.187 e. The van der Waals surface area contributed by atoms with Crippen LogP contribution < -0.4 is 0 Å². The highest BCUT2D eigenvalue weighted by atomic mass is 14.6. The van der Waals surface area contributed by atoms with Crippen molar-refractivity contribution in [1.29, 1.82) is 10.5 Å². The molecule has 0 aromatic heterocycles. The Morgan fingerprint density at radius 1 is 0.815 bits per heavy atom. The van der Waals surface area contributed by atoms with E-state index < -0.39 is 0 Å². The zero-order chi connectivity index (χ0) is 20.8. The van der Waals surface area contributed by atoms with Crippen LogP contribution in [-0.4, -0.2) is 0 Å². The molecule has 138 valence electrons. The first-order chi connectivity index (χ1) is 12.4. The molecule has 0 aliphatic heterocycles. The largest absolute Gasteiger partial charge is 0.238 e. The van der Waals surface area contributed by atoms with Crippen molar-refractivity contribution in [1.82, 2.24) is 0 Å². The summed E-state index contributed by atoms with van der Waals surface area (Å²) < 4.78 is 0. The first-order valence-electron chi connectivity index (χ1n) is 8.87. The second-order valence-corrected chi connectivity index (χ2v) is 8.59. The number of hydrogen-bond acceptors (Lipinski definition) is 2. The fraction of sp³-hybridized carbons (Fsp3) is 0.375. The number of aryl methyl sites for hydroxylation is 1. The second-order valence-electron chi connectivity index (χ2n) is 8.59. The van der Waals surface area contributed by atoms with Gasteiger partial charge in [0, 0.05) is 0 Å². The summed E-state index contributed by atoms with van der Waals surface area (Å²) >= 11 is 0. The van der Waals surface area contributed by atoms with E-state index >= 15 is 0 Å². The molecule has 0 bridgehead atoms. The molecule has 3 nitrogen and oxygen atoms in total. The van der Waals surface area contributed by atoms with Crippen molar-refractivity contribution in [2.45, 2.75) is 59.3 Å². The van der Waals surface area contributed by atoms with Gasteiger partial charge in [-0.15, -0.1) is 0 Å². The summed E-state index contributed by atoms with van der Waals surface area (Å²) in [7, 11) is 0. The Bertz CT molecular complexity index is 934. The van der Waals surface area contributed by atoms with E-state index in [4.69, 9.17) is 17.1 Å². The number of nitrogens with zero attached hydrogens (tertiary/aromatic N) is 3. The molecule has 27 heavy (non-hydrogen) atoms. The van der Waals surface area contributed by atoms with Crippen LogP contribution in [0.4, 0.5) is 5.69 Å². The highest BCUT2D eigenvalue weighted by Gasteiger charge is 2.16. The Balaban J connectivity index is 0.000000271. The van der Waals surface area contributed by atoms with E-state index in [2.05, 4.69) is 53.3 Å². The van der Waals surface area contributed by atoms with Crippen LogP contribution in [0.2, 0.25) is 0 Å². The van der Waals surface area contributed by atoms with E-state index in [1.807, 2.05) is 36.4 Å². The van der Waals surface area contributed by atoms with Crippen molar-refractivity contribution in [3.8, 4) is 12.1 Å². The van der Waals surface area contributed by atoms with Crippen molar-refractivity contribution in [2.24, 2.45) is 0 Å². The zero-order valence-electron chi connectivity index (χ0n) is 17.3. The molecule has 2 rings (SSSR count). The molecule has 0 atom stereocenters. The van der Waals surface area contributed by atoms with Gasteiger partial charge in [0.25, 0.3) is 0 Å². The van der Waals surface area contributed by atoms with Crippen LogP contribution >= 0.6 is 0 Å². The molecule has 0 heterocycles. The lowest BCUT2D eigenvalue weighted by Gasteiger charge is -2.21. The Hall–Kier alpha value is -3.09. The lowest BCUT2D eigenvalue weighted by Crippen LogP contribution is -2.12. The van der Waals surface area contributed by atoms with Gasteiger partial charge in [-0.3, -0.25) is 0 Å². The summed E-state index contributed by atoms with van der Waals surface area (Å²) in [5.74, 6) is 0. The minimum absolute atomic E-state index is 0.0135. The molecular formula is C24H27N3. The molecule has 0 aliphatic carbocycles. The summed E-state index contributed by atoms with van der Waals surface area (Å²) in [5, 5.41) is 17.6. The van der Waals surface area contributed by atoms with Gasteiger partial charge in [-0.2, -0.15) is 10.5 Å². The summed E-state index contributed by atoms with van der Waals surface area (Å²) in [5.41, 5.74) is 5.38. The summed E-state index contributed by atoms with van der Waals surface area (Å²) in [6, 6.07) is 15.3. The fourth-order valence-electron chi connectivity index (χ4n) is 2.69. The maximum Gasteiger partial charge on any atom is 0.187 e. The first kappa shape index (κ1) is 22.0. The van der Waals surface area contributed by atoms with Gasteiger partial charge >= 0.3 is 0 Å². The standard InChI is InChI=1S/C12H12N2.C12H15N/c1-12(2,3)11-5-4-9(7-13)10(6-11)8-14;1-9-6-7-10(13-5)8-11(9)12(2,3)4/h4-6H,1-3H3;6-8H,1-4H3. The third-order valence-electron chi connectivity index (χ3n) is 4.28. The van der Waals surface area contributed by atoms with E-state index in [0.29, 0.717) is 11.1 Å². The maximum atomic E-state index is 8.84. The first-order valence-corrected chi connectivity index (χ1v) is 8.87. The Labute approximate surface area is 163 Å². The van der Waals surface area contributed by atoms with Gasteiger partial charge in [0.15, 0.2) is 5.69 Å². The minimum atomic E-state index is 0.0135. The van der Waals surface area contributed by atoms with Crippen molar-refractivity contribution < 1.29 is 0 Å². The third kappa shape index (κ3) is 5.99. The van der Waals surface area contributed by atoms with Gasteiger partial charge in [-0.25, -0.2) is 4.85 Å². The average Bonchev–Trinajstić information content (AvgIpc) is 2.60. The minimum Gasteiger partial charge on any atom is -0.238 e. The Morgan fingerprint density at radius 3 is 1.85 bits per heavy atom. The van der Waals surface area contributed by atoms with Crippen molar-refractivity contribution in [2.75, 3.05) is 0 Å². The molecule has 0 saturated carbocycles. The van der Waals surface area contributed by atoms with Gasteiger partial charge < -0.3 is 0 Å².